The molecule has 1 aromatic rings. The maximum absolute atomic E-state index is 4.60. The first-order valence-corrected chi connectivity index (χ1v) is 5.98. The monoisotopic (exact) mass is 243 g/mol. The quantitative estimate of drug-likeness (QED) is 0.865. The molecule has 1 aliphatic heterocycles. The third kappa shape index (κ3) is 2.41. The fourth-order valence-electron chi connectivity index (χ4n) is 2.72. The third-order valence-electron chi connectivity index (χ3n) is 3.48. The van der Waals surface area contributed by atoms with E-state index in [1.54, 1.807) is 0 Å². The maximum atomic E-state index is 4.60. The highest BCUT2D eigenvalue weighted by atomic mass is 35.5. The molecular formula is C12H22ClN3. The van der Waals surface area contributed by atoms with E-state index in [1.165, 1.54) is 29.8 Å². The van der Waals surface area contributed by atoms with Crippen molar-refractivity contribution in [3.63, 3.8) is 0 Å². The topological polar surface area (TPSA) is 29.9 Å². The molecule has 0 atom stereocenters. The van der Waals surface area contributed by atoms with Crippen molar-refractivity contribution < 1.29 is 0 Å². The van der Waals surface area contributed by atoms with Crippen molar-refractivity contribution >= 4 is 12.4 Å². The van der Waals surface area contributed by atoms with Crippen LogP contribution in [0.25, 0.3) is 0 Å². The second kappa shape index (κ2) is 5.69. The summed E-state index contributed by atoms with van der Waals surface area (Å²) in [5.74, 6) is 0.728. The Labute approximate surface area is 104 Å². The van der Waals surface area contributed by atoms with Crippen LogP contribution < -0.4 is 5.32 Å². The number of aryl methyl sites for hydroxylation is 2. The number of nitrogens with one attached hydrogen (secondary N) is 1. The molecule has 2 rings (SSSR count). The highest BCUT2D eigenvalue weighted by Gasteiger charge is 2.22. The number of hydrogen-bond donors (Lipinski definition) is 1. The van der Waals surface area contributed by atoms with Crippen LogP contribution in [0.5, 0.6) is 0 Å². The summed E-state index contributed by atoms with van der Waals surface area (Å²) in [6.45, 7) is 9.81. The fraction of sp³-hybridized carbons (Fsp3) is 0.750. The van der Waals surface area contributed by atoms with Gasteiger partial charge in [0.25, 0.3) is 0 Å². The van der Waals surface area contributed by atoms with E-state index < -0.39 is 0 Å². The molecule has 0 bridgehead atoms. The van der Waals surface area contributed by atoms with Gasteiger partial charge in [0.15, 0.2) is 0 Å². The van der Waals surface area contributed by atoms with Crippen LogP contribution in [0.1, 0.15) is 42.6 Å². The summed E-state index contributed by atoms with van der Waals surface area (Å²) in [6, 6.07) is 0. The average molecular weight is 244 g/mol. The van der Waals surface area contributed by atoms with Crippen molar-refractivity contribution in [3.8, 4) is 0 Å². The molecule has 92 valence electrons. The van der Waals surface area contributed by atoms with Crippen molar-refractivity contribution in [1.82, 2.24) is 15.1 Å². The molecular weight excluding hydrogens is 222 g/mol. The Morgan fingerprint density at radius 2 is 1.94 bits per heavy atom. The summed E-state index contributed by atoms with van der Waals surface area (Å²) in [4.78, 5) is 0. The molecule has 16 heavy (non-hydrogen) atoms. The standard InChI is InChI=1S/C12H21N3.ClH/c1-4-15-10(3)12(9(2)14-15)11-5-7-13-8-6-11;/h11,13H,4-8H2,1-3H3;1H. The predicted molar refractivity (Wildman–Crippen MR) is 69.5 cm³/mol. The summed E-state index contributed by atoms with van der Waals surface area (Å²) in [5.41, 5.74) is 4.13. The van der Waals surface area contributed by atoms with Crippen LogP contribution in [-0.2, 0) is 6.54 Å². The molecule has 1 saturated heterocycles. The van der Waals surface area contributed by atoms with Gasteiger partial charge < -0.3 is 5.32 Å². The van der Waals surface area contributed by atoms with Crippen LogP contribution in [0.4, 0.5) is 0 Å². The molecule has 1 aliphatic rings. The van der Waals surface area contributed by atoms with Crippen molar-refractivity contribution in [2.75, 3.05) is 13.1 Å². The molecule has 0 aromatic carbocycles. The first kappa shape index (κ1) is 13.5. The predicted octanol–water partition coefficient (Wildman–Crippen LogP) is 2.41. The molecule has 0 spiro atoms. The molecule has 1 N–H and O–H groups in total. The van der Waals surface area contributed by atoms with Gasteiger partial charge in [0, 0.05) is 12.2 Å². The van der Waals surface area contributed by atoms with Gasteiger partial charge in [0.05, 0.1) is 5.69 Å². The van der Waals surface area contributed by atoms with E-state index >= 15 is 0 Å². The second-order valence-electron chi connectivity index (χ2n) is 4.42. The highest BCUT2D eigenvalue weighted by molar-refractivity contribution is 5.85. The number of nitrogens with zero attached hydrogens (tertiary/aromatic N) is 2. The van der Waals surface area contributed by atoms with Gasteiger partial charge in [-0.05, 0) is 58.2 Å². The number of hydrogen-bond acceptors (Lipinski definition) is 2. The number of rotatable bonds is 2. The van der Waals surface area contributed by atoms with Gasteiger partial charge in [-0.2, -0.15) is 5.10 Å². The van der Waals surface area contributed by atoms with Gasteiger partial charge in [-0.1, -0.05) is 0 Å². The Morgan fingerprint density at radius 1 is 1.31 bits per heavy atom. The number of halogens is 1. The lowest BCUT2D eigenvalue weighted by Crippen LogP contribution is -2.27. The Balaban J connectivity index is 0.00000128. The lowest BCUT2D eigenvalue weighted by Gasteiger charge is -2.23. The Kier molecular flexibility index (Phi) is 4.81. The van der Waals surface area contributed by atoms with E-state index in [9.17, 15) is 0 Å². The first-order valence-electron chi connectivity index (χ1n) is 5.98. The molecule has 1 fully saturated rings. The third-order valence-corrected chi connectivity index (χ3v) is 3.48. The van der Waals surface area contributed by atoms with Crippen LogP contribution in [0.15, 0.2) is 0 Å². The van der Waals surface area contributed by atoms with E-state index in [0.29, 0.717) is 0 Å². The van der Waals surface area contributed by atoms with Gasteiger partial charge >= 0.3 is 0 Å². The zero-order chi connectivity index (χ0) is 10.8. The summed E-state index contributed by atoms with van der Waals surface area (Å²) in [5, 5.41) is 8.02. The van der Waals surface area contributed by atoms with Gasteiger partial charge in [0.2, 0.25) is 0 Å². The molecule has 1 aromatic heterocycles. The van der Waals surface area contributed by atoms with Crippen molar-refractivity contribution in [3.05, 3.63) is 17.0 Å². The minimum atomic E-state index is 0. The zero-order valence-electron chi connectivity index (χ0n) is 10.4. The lowest BCUT2D eigenvalue weighted by molar-refractivity contribution is 0.457. The minimum absolute atomic E-state index is 0. The smallest absolute Gasteiger partial charge is 0.0631 e. The fourth-order valence-corrected chi connectivity index (χ4v) is 2.72. The average Bonchev–Trinajstić information content (AvgIpc) is 2.55. The van der Waals surface area contributed by atoms with E-state index in [0.717, 1.165) is 25.6 Å². The molecule has 0 aliphatic carbocycles. The lowest BCUT2D eigenvalue weighted by atomic mass is 9.89. The van der Waals surface area contributed by atoms with E-state index in [1.807, 2.05) is 0 Å². The number of aromatic nitrogens is 2. The van der Waals surface area contributed by atoms with E-state index in [4.69, 9.17) is 0 Å². The number of piperidine rings is 1. The molecule has 0 radical (unpaired) electrons. The van der Waals surface area contributed by atoms with Crippen molar-refractivity contribution in [1.29, 1.82) is 0 Å². The van der Waals surface area contributed by atoms with Crippen LogP contribution in [0, 0.1) is 13.8 Å². The molecule has 0 unspecified atom stereocenters. The van der Waals surface area contributed by atoms with Gasteiger partial charge in [-0.25, -0.2) is 0 Å². The molecule has 3 nitrogen and oxygen atoms in total. The van der Waals surface area contributed by atoms with Crippen LogP contribution in [0.3, 0.4) is 0 Å². The normalized spacial score (nSPS) is 17.2. The van der Waals surface area contributed by atoms with Gasteiger partial charge in [0.1, 0.15) is 0 Å². The SMILES string of the molecule is CCn1nc(C)c(C2CCNCC2)c1C.Cl. The summed E-state index contributed by atoms with van der Waals surface area (Å²) >= 11 is 0. The second-order valence-corrected chi connectivity index (χ2v) is 4.42. The maximum Gasteiger partial charge on any atom is 0.0631 e. The summed E-state index contributed by atoms with van der Waals surface area (Å²) in [7, 11) is 0. The van der Waals surface area contributed by atoms with Gasteiger partial charge in [-0.3, -0.25) is 4.68 Å². The molecule has 0 amide bonds. The minimum Gasteiger partial charge on any atom is -0.317 e. The summed E-state index contributed by atoms with van der Waals surface area (Å²) in [6.07, 6.45) is 2.52. The molecule has 4 heteroatoms. The molecule has 2 heterocycles. The van der Waals surface area contributed by atoms with Crippen molar-refractivity contribution in [2.45, 2.75) is 46.1 Å². The Hall–Kier alpha value is -0.540. The Morgan fingerprint density at radius 3 is 2.44 bits per heavy atom. The van der Waals surface area contributed by atoms with Crippen molar-refractivity contribution in [2.24, 2.45) is 0 Å². The van der Waals surface area contributed by atoms with E-state index in [2.05, 4.69) is 35.9 Å². The van der Waals surface area contributed by atoms with Crippen LogP contribution >= 0.6 is 12.4 Å². The largest absolute Gasteiger partial charge is 0.317 e. The zero-order valence-corrected chi connectivity index (χ0v) is 11.2. The highest BCUT2D eigenvalue weighted by Crippen LogP contribution is 2.30. The van der Waals surface area contributed by atoms with E-state index in [-0.39, 0.29) is 12.4 Å². The van der Waals surface area contributed by atoms with Crippen LogP contribution in [0.2, 0.25) is 0 Å². The van der Waals surface area contributed by atoms with Crippen LogP contribution in [-0.4, -0.2) is 22.9 Å². The Bertz CT molecular complexity index is 340. The van der Waals surface area contributed by atoms with Gasteiger partial charge in [-0.15, -0.1) is 12.4 Å². The summed E-state index contributed by atoms with van der Waals surface area (Å²) < 4.78 is 2.13. The first-order chi connectivity index (χ1) is 7.24. The molecule has 0 saturated carbocycles.